The van der Waals surface area contributed by atoms with Crippen molar-refractivity contribution in [2.45, 2.75) is 39.5 Å². The topological polar surface area (TPSA) is 65.4 Å². The van der Waals surface area contributed by atoms with E-state index in [1.807, 2.05) is 60.1 Å². The number of hydrogen-bond acceptors (Lipinski definition) is 5. The van der Waals surface area contributed by atoms with E-state index in [0.29, 0.717) is 6.42 Å². The second kappa shape index (κ2) is 6.73. The number of aromatic nitrogens is 2. The van der Waals surface area contributed by atoms with Crippen LogP contribution in [0.25, 0.3) is 5.69 Å². The Hall–Kier alpha value is -3.54. The number of carbonyl (C=O) groups excluding carboxylic acids is 1. The molecule has 32 heavy (non-hydrogen) atoms. The molecule has 0 saturated carbocycles. The lowest BCUT2D eigenvalue weighted by atomic mass is 9.69. The number of aryl methyl sites for hydroxylation is 1. The molecule has 1 aromatic heterocycles. The highest BCUT2D eigenvalue weighted by Crippen LogP contribution is 2.51. The van der Waals surface area contributed by atoms with Crippen LogP contribution in [0.5, 0.6) is 11.5 Å². The predicted octanol–water partition coefficient (Wildman–Crippen LogP) is 5.11. The normalized spacial score (nSPS) is 20.6. The molecule has 162 valence electrons. The van der Waals surface area contributed by atoms with Crippen molar-refractivity contribution < 1.29 is 14.3 Å². The Balaban J connectivity index is 1.59. The second-order valence-electron chi connectivity index (χ2n) is 9.60. The van der Waals surface area contributed by atoms with E-state index in [-0.39, 0.29) is 23.9 Å². The van der Waals surface area contributed by atoms with E-state index in [1.54, 1.807) is 0 Å². The maximum Gasteiger partial charge on any atom is 0.231 e. The number of anilines is 1. The fourth-order valence-corrected chi connectivity index (χ4v) is 5.26. The number of ketones is 1. The first-order valence-corrected chi connectivity index (χ1v) is 11.0. The summed E-state index contributed by atoms with van der Waals surface area (Å²) >= 11 is 0. The standard InChI is InChI=1S/C26H25N3O3/c1-15-22-23(16-9-10-20-21(11-16)32-14-31-20)24-18(12-26(2,3)13-19(24)30)27-25(22)29(28-15)17-7-5-4-6-8-17/h4-11,23,27H,12-14H2,1-3H3. The predicted molar refractivity (Wildman–Crippen MR) is 121 cm³/mol. The monoisotopic (exact) mass is 427 g/mol. The number of hydrogen-bond donors (Lipinski definition) is 1. The van der Waals surface area contributed by atoms with E-state index in [2.05, 4.69) is 19.2 Å². The van der Waals surface area contributed by atoms with E-state index in [1.165, 1.54) is 0 Å². The van der Waals surface area contributed by atoms with Gasteiger partial charge in [0.15, 0.2) is 17.3 Å². The summed E-state index contributed by atoms with van der Waals surface area (Å²) in [6.07, 6.45) is 1.35. The molecule has 0 fully saturated rings. The summed E-state index contributed by atoms with van der Waals surface area (Å²) in [6.45, 7) is 6.55. The summed E-state index contributed by atoms with van der Waals surface area (Å²) < 4.78 is 13.1. The van der Waals surface area contributed by atoms with Gasteiger partial charge in [0, 0.05) is 29.2 Å². The zero-order valence-electron chi connectivity index (χ0n) is 18.4. The number of nitrogens with zero attached hydrogens (tertiary/aromatic N) is 2. The highest BCUT2D eigenvalue weighted by Gasteiger charge is 2.43. The van der Waals surface area contributed by atoms with Crippen LogP contribution in [0.4, 0.5) is 5.82 Å². The largest absolute Gasteiger partial charge is 0.454 e. The Bertz CT molecular complexity index is 1290. The van der Waals surface area contributed by atoms with Gasteiger partial charge >= 0.3 is 0 Å². The van der Waals surface area contributed by atoms with E-state index in [9.17, 15) is 4.79 Å². The molecule has 1 N–H and O–H groups in total. The van der Waals surface area contributed by atoms with Crippen LogP contribution in [-0.4, -0.2) is 22.4 Å². The molecule has 1 unspecified atom stereocenters. The van der Waals surface area contributed by atoms with Gasteiger partial charge in [-0.3, -0.25) is 4.79 Å². The molecule has 3 heterocycles. The highest BCUT2D eigenvalue weighted by molar-refractivity contribution is 6.01. The fourth-order valence-electron chi connectivity index (χ4n) is 5.26. The number of allylic oxidation sites excluding steroid dienone is 2. The number of nitrogens with one attached hydrogen (secondary N) is 1. The minimum Gasteiger partial charge on any atom is -0.454 e. The second-order valence-corrected chi connectivity index (χ2v) is 9.60. The molecule has 1 atom stereocenters. The quantitative estimate of drug-likeness (QED) is 0.616. The average molecular weight is 428 g/mol. The highest BCUT2D eigenvalue weighted by atomic mass is 16.7. The summed E-state index contributed by atoms with van der Waals surface area (Å²) in [5.74, 6) is 2.40. The molecule has 6 heteroatoms. The SMILES string of the molecule is Cc1nn(-c2ccccc2)c2c1C(c1ccc3c(c1)OCO3)C1=C(CC(C)(C)CC1=O)N2. The Morgan fingerprint density at radius 3 is 2.66 bits per heavy atom. The van der Waals surface area contributed by atoms with Crippen molar-refractivity contribution in [2.24, 2.45) is 5.41 Å². The van der Waals surface area contributed by atoms with Gasteiger partial charge in [0.1, 0.15) is 5.82 Å². The Morgan fingerprint density at radius 2 is 1.84 bits per heavy atom. The Kier molecular flexibility index (Phi) is 4.03. The zero-order chi connectivity index (χ0) is 22.0. The van der Waals surface area contributed by atoms with Gasteiger partial charge in [-0.1, -0.05) is 38.1 Å². The van der Waals surface area contributed by atoms with Gasteiger partial charge in [0.2, 0.25) is 6.79 Å². The molecule has 2 aromatic carbocycles. The van der Waals surface area contributed by atoms with E-state index >= 15 is 0 Å². The molecule has 1 aliphatic carbocycles. The van der Waals surface area contributed by atoms with Crippen LogP contribution in [0.3, 0.4) is 0 Å². The molecule has 0 spiro atoms. The van der Waals surface area contributed by atoms with Crippen molar-refractivity contribution in [3.05, 3.63) is 76.6 Å². The van der Waals surface area contributed by atoms with Crippen LogP contribution in [0.15, 0.2) is 59.8 Å². The maximum absolute atomic E-state index is 13.5. The van der Waals surface area contributed by atoms with Gasteiger partial charge in [-0.25, -0.2) is 4.68 Å². The molecule has 0 saturated heterocycles. The van der Waals surface area contributed by atoms with Crippen molar-refractivity contribution in [3.63, 3.8) is 0 Å². The Labute approximate surface area is 186 Å². The van der Waals surface area contributed by atoms with Gasteiger partial charge in [0.05, 0.1) is 11.4 Å². The number of benzene rings is 2. The summed E-state index contributed by atoms with van der Waals surface area (Å²) in [4.78, 5) is 13.5. The number of carbonyl (C=O) groups is 1. The van der Waals surface area contributed by atoms with Gasteiger partial charge in [-0.15, -0.1) is 0 Å². The average Bonchev–Trinajstić information content (AvgIpc) is 3.36. The number of fused-ring (bicyclic) bond motifs is 2. The minimum absolute atomic E-state index is 0.0908. The number of ether oxygens (including phenoxy) is 2. The number of Topliss-reactive ketones (excluding diaryl/α,β-unsaturated/α-hetero) is 1. The zero-order valence-corrected chi connectivity index (χ0v) is 18.4. The summed E-state index contributed by atoms with van der Waals surface area (Å²) in [6, 6.07) is 16.1. The number of para-hydroxylation sites is 1. The molecule has 3 aromatic rings. The van der Waals surface area contributed by atoms with E-state index < -0.39 is 0 Å². The first-order chi connectivity index (χ1) is 15.4. The van der Waals surface area contributed by atoms with Gasteiger partial charge in [0.25, 0.3) is 0 Å². The number of rotatable bonds is 2. The van der Waals surface area contributed by atoms with Crippen molar-refractivity contribution in [1.82, 2.24) is 9.78 Å². The minimum atomic E-state index is -0.197. The molecule has 2 aliphatic heterocycles. The third-order valence-corrected chi connectivity index (χ3v) is 6.60. The van der Waals surface area contributed by atoms with Crippen molar-refractivity contribution in [1.29, 1.82) is 0 Å². The maximum atomic E-state index is 13.5. The fraction of sp³-hybridized carbons (Fsp3) is 0.308. The summed E-state index contributed by atoms with van der Waals surface area (Å²) in [5, 5.41) is 8.52. The molecule has 0 amide bonds. The lowest BCUT2D eigenvalue weighted by Crippen LogP contribution is -2.34. The van der Waals surface area contributed by atoms with Crippen molar-refractivity contribution in [2.75, 3.05) is 12.1 Å². The molecule has 6 rings (SSSR count). The van der Waals surface area contributed by atoms with Crippen LogP contribution in [0.1, 0.15) is 49.4 Å². The van der Waals surface area contributed by atoms with Gasteiger partial charge in [-0.05, 0) is 48.6 Å². The smallest absolute Gasteiger partial charge is 0.231 e. The molecular weight excluding hydrogens is 402 g/mol. The van der Waals surface area contributed by atoms with Crippen LogP contribution in [0.2, 0.25) is 0 Å². The van der Waals surface area contributed by atoms with Crippen LogP contribution in [0, 0.1) is 12.3 Å². The van der Waals surface area contributed by atoms with Crippen molar-refractivity contribution >= 4 is 11.6 Å². The summed E-state index contributed by atoms with van der Waals surface area (Å²) in [7, 11) is 0. The third kappa shape index (κ3) is 2.86. The molecule has 3 aliphatic rings. The molecule has 0 bridgehead atoms. The molecular formula is C26H25N3O3. The third-order valence-electron chi connectivity index (χ3n) is 6.60. The first-order valence-electron chi connectivity index (χ1n) is 11.0. The van der Waals surface area contributed by atoms with Gasteiger partial charge in [-0.2, -0.15) is 5.10 Å². The lowest BCUT2D eigenvalue weighted by molar-refractivity contribution is -0.118. The molecule has 6 nitrogen and oxygen atoms in total. The Morgan fingerprint density at radius 1 is 1.06 bits per heavy atom. The van der Waals surface area contributed by atoms with E-state index in [0.717, 1.165) is 57.5 Å². The summed E-state index contributed by atoms with van der Waals surface area (Å²) in [5.41, 5.74) is 5.71. The van der Waals surface area contributed by atoms with Crippen molar-refractivity contribution in [3.8, 4) is 17.2 Å². The van der Waals surface area contributed by atoms with Gasteiger partial charge < -0.3 is 14.8 Å². The lowest BCUT2D eigenvalue weighted by Gasteiger charge is -2.38. The van der Waals surface area contributed by atoms with Crippen LogP contribution < -0.4 is 14.8 Å². The molecule has 0 radical (unpaired) electrons. The first kappa shape index (κ1) is 19.2. The van der Waals surface area contributed by atoms with Crippen LogP contribution in [-0.2, 0) is 4.79 Å². The van der Waals surface area contributed by atoms with E-state index in [4.69, 9.17) is 14.6 Å². The van der Waals surface area contributed by atoms with Crippen LogP contribution >= 0.6 is 0 Å².